The van der Waals surface area contributed by atoms with Crippen molar-refractivity contribution < 1.29 is 0 Å². The van der Waals surface area contributed by atoms with Crippen molar-refractivity contribution in [2.75, 3.05) is 29.6 Å². The third-order valence-electron chi connectivity index (χ3n) is 2.68. The molecule has 4 heteroatoms. The van der Waals surface area contributed by atoms with Crippen molar-refractivity contribution in [3.8, 4) is 11.1 Å². The SMILES string of the molecule is CNc1ccc(N)cc1-c1ccc(N)cc1N. The predicted octanol–water partition coefficient (Wildman–Crippen LogP) is 2.14. The number of nitrogen functional groups attached to an aromatic ring is 3. The first-order valence-electron chi connectivity index (χ1n) is 5.34. The van der Waals surface area contributed by atoms with E-state index in [1.807, 2.05) is 37.4 Å². The minimum atomic E-state index is 0.645. The summed E-state index contributed by atoms with van der Waals surface area (Å²) in [7, 11) is 1.86. The molecule has 7 N–H and O–H groups in total. The van der Waals surface area contributed by atoms with Gasteiger partial charge in [0.05, 0.1) is 0 Å². The summed E-state index contributed by atoms with van der Waals surface area (Å²) in [6.07, 6.45) is 0. The third-order valence-corrected chi connectivity index (χ3v) is 2.68. The number of anilines is 4. The summed E-state index contributed by atoms with van der Waals surface area (Å²) in [5, 5.41) is 3.12. The van der Waals surface area contributed by atoms with Crippen molar-refractivity contribution >= 4 is 22.7 Å². The highest BCUT2D eigenvalue weighted by atomic mass is 14.8. The summed E-state index contributed by atoms with van der Waals surface area (Å²) in [4.78, 5) is 0. The number of nitrogens with two attached hydrogens (primary N) is 3. The molecule has 0 spiro atoms. The molecule has 0 unspecified atom stereocenters. The lowest BCUT2D eigenvalue weighted by atomic mass is 10.0. The fourth-order valence-electron chi connectivity index (χ4n) is 1.83. The fraction of sp³-hybridized carbons (Fsp3) is 0.0769. The van der Waals surface area contributed by atoms with Gasteiger partial charge in [0, 0.05) is 40.9 Å². The van der Waals surface area contributed by atoms with Crippen LogP contribution in [0.4, 0.5) is 22.7 Å². The monoisotopic (exact) mass is 228 g/mol. The van der Waals surface area contributed by atoms with Crippen molar-refractivity contribution in [3.63, 3.8) is 0 Å². The Balaban J connectivity index is 2.62. The Morgan fingerprint density at radius 2 is 1.47 bits per heavy atom. The van der Waals surface area contributed by atoms with Crippen LogP contribution in [0.5, 0.6) is 0 Å². The standard InChI is InChI=1S/C13H16N4/c1-17-13-5-3-8(14)6-11(13)10-4-2-9(15)7-12(10)16/h2-7,17H,14-16H2,1H3. The summed E-state index contributed by atoms with van der Waals surface area (Å²) in [6.45, 7) is 0. The second-order valence-electron chi connectivity index (χ2n) is 3.90. The highest BCUT2D eigenvalue weighted by Crippen LogP contribution is 2.34. The number of hydrogen-bond donors (Lipinski definition) is 4. The Bertz CT molecular complexity index is 549. The van der Waals surface area contributed by atoms with E-state index in [1.54, 1.807) is 6.07 Å². The second kappa shape index (κ2) is 4.25. The molecule has 2 aromatic carbocycles. The van der Waals surface area contributed by atoms with E-state index >= 15 is 0 Å². The van der Waals surface area contributed by atoms with Crippen LogP contribution >= 0.6 is 0 Å². The molecule has 0 saturated heterocycles. The average Bonchev–Trinajstić information content (AvgIpc) is 2.29. The van der Waals surface area contributed by atoms with E-state index in [0.717, 1.165) is 16.8 Å². The minimum absolute atomic E-state index is 0.645. The van der Waals surface area contributed by atoms with E-state index < -0.39 is 0 Å². The Morgan fingerprint density at radius 1 is 0.824 bits per heavy atom. The van der Waals surface area contributed by atoms with Gasteiger partial charge < -0.3 is 22.5 Å². The Morgan fingerprint density at radius 3 is 2.12 bits per heavy atom. The van der Waals surface area contributed by atoms with Gasteiger partial charge in [-0.2, -0.15) is 0 Å². The first-order valence-corrected chi connectivity index (χ1v) is 5.34. The Labute approximate surface area is 100 Å². The number of hydrogen-bond acceptors (Lipinski definition) is 4. The molecule has 0 aliphatic rings. The molecule has 88 valence electrons. The predicted molar refractivity (Wildman–Crippen MR) is 74.7 cm³/mol. The quantitative estimate of drug-likeness (QED) is 0.593. The lowest BCUT2D eigenvalue weighted by Crippen LogP contribution is -1.98. The molecule has 0 aromatic heterocycles. The first-order chi connectivity index (χ1) is 8.11. The minimum Gasteiger partial charge on any atom is -0.399 e. The van der Waals surface area contributed by atoms with Gasteiger partial charge in [-0.05, 0) is 30.3 Å². The van der Waals surface area contributed by atoms with Crippen molar-refractivity contribution in [3.05, 3.63) is 36.4 Å². The lowest BCUT2D eigenvalue weighted by molar-refractivity contribution is 1.50. The van der Waals surface area contributed by atoms with E-state index in [4.69, 9.17) is 17.2 Å². The molecule has 0 fully saturated rings. The van der Waals surface area contributed by atoms with E-state index in [2.05, 4.69) is 5.32 Å². The highest BCUT2D eigenvalue weighted by molar-refractivity contribution is 5.88. The smallest absolute Gasteiger partial charge is 0.0419 e. The molecule has 0 heterocycles. The average molecular weight is 228 g/mol. The molecule has 0 aliphatic carbocycles. The van der Waals surface area contributed by atoms with Crippen LogP contribution in [0.1, 0.15) is 0 Å². The largest absolute Gasteiger partial charge is 0.399 e. The topological polar surface area (TPSA) is 90.1 Å². The maximum Gasteiger partial charge on any atom is 0.0419 e. The zero-order valence-corrected chi connectivity index (χ0v) is 9.70. The molecule has 0 bridgehead atoms. The molecule has 0 aliphatic heterocycles. The van der Waals surface area contributed by atoms with E-state index in [-0.39, 0.29) is 0 Å². The lowest BCUT2D eigenvalue weighted by Gasteiger charge is -2.12. The number of benzene rings is 2. The Hall–Kier alpha value is -2.36. The van der Waals surface area contributed by atoms with Gasteiger partial charge in [-0.25, -0.2) is 0 Å². The molecular weight excluding hydrogens is 212 g/mol. The van der Waals surface area contributed by atoms with Crippen LogP contribution in [0.15, 0.2) is 36.4 Å². The molecule has 2 aromatic rings. The molecule has 0 amide bonds. The van der Waals surface area contributed by atoms with Crippen molar-refractivity contribution in [2.24, 2.45) is 0 Å². The molecule has 0 saturated carbocycles. The Kier molecular flexibility index (Phi) is 2.78. The van der Waals surface area contributed by atoms with Gasteiger partial charge in [-0.3, -0.25) is 0 Å². The summed E-state index contributed by atoms with van der Waals surface area (Å²) >= 11 is 0. The van der Waals surface area contributed by atoms with Crippen LogP contribution in [-0.4, -0.2) is 7.05 Å². The molecule has 2 rings (SSSR count). The molecule has 0 atom stereocenters. The third kappa shape index (κ3) is 2.10. The van der Waals surface area contributed by atoms with Crippen LogP contribution in [0, 0.1) is 0 Å². The van der Waals surface area contributed by atoms with Gasteiger partial charge in [0.15, 0.2) is 0 Å². The van der Waals surface area contributed by atoms with Crippen LogP contribution < -0.4 is 22.5 Å². The van der Waals surface area contributed by atoms with Gasteiger partial charge in [0.2, 0.25) is 0 Å². The first kappa shape index (κ1) is 11.1. The highest BCUT2D eigenvalue weighted by Gasteiger charge is 2.08. The summed E-state index contributed by atoms with van der Waals surface area (Å²) in [6, 6.07) is 11.2. The zero-order valence-electron chi connectivity index (χ0n) is 9.70. The van der Waals surface area contributed by atoms with Crippen molar-refractivity contribution in [2.45, 2.75) is 0 Å². The molecule has 4 nitrogen and oxygen atoms in total. The van der Waals surface area contributed by atoms with E-state index in [9.17, 15) is 0 Å². The second-order valence-corrected chi connectivity index (χ2v) is 3.90. The summed E-state index contributed by atoms with van der Waals surface area (Å²) in [5.74, 6) is 0. The van der Waals surface area contributed by atoms with Gasteiger partial charge in [-0.15, -0.1) is 0 Å². The summed E-state index contributed by atoms with van der Waals surface area (Å²) < 4.78 is 0. The zero-order chi connectivity index (χ0) is 12.4. The maximum atomic E-state index is 5.98. The van der Waals surface area contributed by atoms with Gasteiger partial charge in [0.25, 0.3) is 0 Å². The molecular formula is C13H16N4. The van der Waals surface area contributed by atoms with Crippen LogP contribution in [0.2, 0.25) is 0 Å². The normalized spacial score (nSPS) is 10.2. The fourth-order valence-corrected chi connectivity index (χ4v) is 1.83. The van der Waals surface area contributed by atoms with Gasteiger partial charge >= 0.3 is 0 Å². The summed E-state index contributed by atoms with van der Waals surface area (Å²) in [5.41, 5.74) is 22.4. The number of rotatable bonds is 2. The van der Waals surface area contributed by atoms with Crippen LogP contribution in [-0.2, 0) is 0 Å². The van der Waals surface area contributed by atoms with Crippen LogP contribution in [0.25, 0.3) is 11.1 Å². The maximum absolute atomic E-state index is 5.98. The van der Waals surface area contributed by atoms with Gasteiger partial charge in [-0.1, -0.05) is 6.07 Å². The van der Waals surface area contributed by atoms with E-state index in [1.165, 1.54) is 0 Å². The molecule has 17 heavy (non-hydrogen) atoms. The van der Waals surface area contributed by atoms with E-state index in [0.29, 0.717) is 17.1 Å². The van der Waals surface area contributed by atoms with Crippen molar-refractivity contribution in [1.82, 2.24) is 0 Å². The van der Waals surface area contributed by atoms with Crippen molar-refractivity contribution in [1.29, 1.82) is 0 Å². The molecule has 0 radical (unpaired) electrons. The van der Waals surface area contributed by atoms with Gasteiger partial charge in [0.1, 0.15) is 0 Å². The number of nitrogens with one attached hydrogen (secondary N) is 1. The van der Waals surface area contributed by atoms with Crippen LogP contribution in [0.3, 0.4) is 0 Å².